The number of halogens is 4. The van der Waals surface area contributed by atoms with Crippen molar-refractivity contribution >= 4 is 24.0 Å². The maximum atomic E-state index is 13.6. The summed E-state index contributed by atoms with van der Waals surface area (Å²) in [6.07, 6.45) is -2.73. The largest absolute Gasteiger partial charge is 0.416 e. The molecule has 4 rings (SSSR count). The zero-order chi connectivity index (χ0) is 37.7. The summed E-state index contributed by atoms with van der Waals surface area (Å²) in [5, 5.41) is 3.00. The first-order valence-corrected chi connectivity index (χ1v) is 17.9. The van der Waals surface area contributed by atoms with Crippen molar-refractivity contribution in [2.45, 2.75) is 50.1 Å². The van der Waals surface area contributed by atoms with Crippen LogP contribution in [0.1, 0.15) is 42.3 Å². The Morgan fingerprint density at radius 1 is 0.962 bits per heavy atom. The van der Waals surface area contributed by atoms with Crippen LogP contribution in [0.25, 0.3) is 11.1 Å². The van der Waals surface area contributed by atoms with Gasteiger partial charge in [0.1, 0.15) is 18.6 Å². The Kier molecular flexibility index (Phi) is 15.1. The Balaban J connectivity index is 1.68. The summed E-state index contributed by atoms with van der Waals surface area (Å²) in [4.78, 5) is 46.9. The van der Waals surface area contributed by atoms with Crippen LogP contribution in [-0.2, 0) is 39.2 Å². The molecule has 1 N–H and O–H groups in total. The molecule has 0 aliphatic rings. The maximum Gasteiger partial charge on any atom is 0.416 e. The molecule has 4 aromatic rings. The molecule has 0 saturated heterocycles. The van der Waals surface area contributed by atoms with Gasteiger partial charge in [-0.1, -0.05) is 74.1 Å². The van der Waals surface area contributed by atoms with Gasteiger partial charge in [-0.05, 0) is 66.0 Å². The van der Waals surface area contributed by atoms with Crippen LogP contribution in [0.3, 0.4) is 0 Å². The number of likely N-dealkylation sites (N-methyl/N-ethyl adjacent to an activating group) is 1. The molecule has 52 heavy (non-hydrogen) atoms. The molecule has 1 aromatic heterocycles. The Hall–Kier alpha value is -4.37. The maximum absolute atomic E-state index is 13.6. The summed E-state index contributed by atoms with van der Waals surface area (Å²) in [5.74, 6) is -0.349. The number of alkyl halides is 3. The second-order valence-electron chi connectivity index (χ2n) is 12.0. The van der Waals surface area contributed by atoms with Crippen LogP contribution in [0.4, 0.5) is 17.6 Å². The molecule has 14 heteroatoms. The van der Waals surface area contributed by atoms with Crippen molar-refractivity contribution in [2.75, 3.05) is 46.4 Å². The van der Waals surface area contributed by atoms with Gasteiger partial charge in [0.15, 0.2) is 11.4 Å². The Labute approximate surface area is 305 Å². The van der Waals surface area contributed by atoms with E-state index in [1.807, 2.05) is 29.2 Å². The summed E-state index contributed by atoms with van der Waals surface area (Å²) in [6.45, 7) is 7.19. The topological polar surface area (TPSA) is 96.8 Å². The van der Waals surface area contributed by atoms with Crippen molar-refractivity contribution < 1.29 is 31.9 Å². The molecule has 1 amide bonds. The number of methoxy groups -OCH3 is 1. The summed E-state index contributed by atoms with van der Waals surface area (Å²) in [6, 6.07) is 18.4. The minimum atomic E-state index is -4.42. The average Bonchev–Trinajstić information content (AvgIpc) is 3.13. The number of ether oxygens (including phenoxy) is 1. The minimum Gasteiger partial charge on any atom is -0.375 e. The van der Waals surface area contributed by atoms with Crippen molar-refractivity contribution in [2.24, 2.45) is 0 Å². The van der Waals surface area contributed by atoms with E-state index >= 15 is 0 Å². The Morgan fingerprint density at radius 2 is 1.58 bits per heavy atom. The van der Waals surface area contributed by atoms with Gasteiger partial charge in [0.05, 0.1) is 5.56 Å². The van der Waals surface area contributed by atoms with E-state index in [4.69, 9.17) is 4.74 Å². The first kappa shape index (κ1) is 40.4. The molecule has 0 aliphatic heterocycles. The van der Waals surface area contributed by atoms with Crippen LogP contribution in [0.2, 0.25) is 0 Å². The summed E-state index contributed by atoms with van der Waals surface area (Å²) >= 11 is 1.24. The molecular weight excluding hydrogens is 699 g/mol. The first-order chi connectivity index (χ1) is 24.9. The molecule has 278 valence electrons. The average molecular weight is 742 g/mol. The van der Waals surface area contributed by atoms with E-state index in [0.29, 0.717) is 41.7 Å². The number of nitrogens with one attached hydrogen (secondary N) is 1. The third-order valence-electron chi connectivity index (χ3n) is 8.52. The van der Waals surface area contributed by atoms with Crippen molar-refractivity contribution in [3.05, 3.63) is 117 Å². The SMILES string of the molecule is CCN(CC)CCN(Cc1ccc(-c2ccc(C(F)(F)F)cc2)cc1)C(C=O)n1cc(CCNC(=O)COC)c(=O)nc1SCc1ccc(F)cc1. The van der Waals surface area contributed by atoms with E-state index in [2.05, 4.69) is 29.0 Å². The van der Waals surface area contributed by atoms with Gasteiger partial charge in [0, 0.05) is 50.8 Å². The van der Waals surface area contributed by atoms with Crippen molar-refractivity contribution in [3.8, 4) is 11.1 Å². The molecule has 1 unspecified atom stereocenters. The standard InChI is InChI=1S/C38H43F4N5O4S/c1-4-45(5-2)20-21-46(22-27-6-10-29(11-7-27)30-12-14-32(15-13-30)38(40,41)42)35(24-48)47-23-31(18-19-43-34(49)25-51-3)36(50)44-37(47)52-26-28-8-16-33(39)17-9-28/h6-17,23-24,35H,4-5,18-22,25-26H2,1-3H3,(H,43,49). The van der Waals surface area contributed by atoms with E-state index in [1.54, 1.807) is 22.9 Å². The number of thioether (sulfide) groups is 1. The van der Waals surface area contributed by atoms with Crippen molar-refractivity contribution in [3.63, 3.8) is 0 Å². The molecule has 1 heterocycles. The molecule has 0 bridgehead atoms. The van der Waals surface area contributed by atoms with Crippen molar-refractivity contribution in [1.29, 1.82) is 0 Å². The van der Waals surface area contributed by atoms with Gasteiger partial charge in [0.2, 0.25) is 5.91 Å². The molecule has 3 aromatic carbocycles. The van der Waals surface area contributed by atoms with Gasteiger partial charge in [-0.3, -0.25) is 19.3 Å². The van der Waals surface area contributed by atoms with Crippen molar-refractivity contribution in [1.82, 2.24) is 24.7 Å². The number of carbonyl (C=O) groups is 2. The molecule has 0 saturated carbocycles. The van der Waals surface area contributed by atoms with Crippen LogP contribution >= 0.6 is 11.8 Å². The monoisotopic (exact) mass is 741 g/mol. The summed E-state index contributed by atoms with van der Waals surface area (Å²) < 4.78 is 59.4. The lowest BCUT2D eigenvalue weighted by atomic mass is 10.0. The molecule has 0 aliphatic carbocycles. The van der Waals surface area contributed by atoms with E-state index in [1.165, 1.54) is 43.1 Å². The predicted octanol–water partition coefficient (Wildman–Crippen LogP) is 6.21. The summed E-state index contributed by atoms with van der Waals surface area (Å²) in [7, 11) is 1.41. The zero-order valence-corrected chi connectivity index (χ0v) is 30.2. The zero-order valence-electron chi connectivity index (χ0n) is 29.4. The highest BCUT2D eigenvalue weighted by molar-refractivity contribution is 7.98. The first-order valence-electron chi connectivity index (χ1n) is 16.9. The van der Waals surface area contributed by atoms with E-state index in [9.17, 15) is 31.9 Å². The van der Waals surface area contributed by atoms with Gasteiger partial charge >= 0.3 is 6.18 Å². The second-order valence-corrected chi connectivity index (χ2v) is 13.0. The second kappa shape index (κ2) is 19.5. The predicted molar refractivity (Wildman–Crippen MR) is 193 cm³/mol. The van der Waals surface area contributed by atoms with Crippen LogP contribution in [0.5, 0.6) is 0 Å². The molecule has 0 spiro atoms. The third-order valence-corrected chi connectivity index (χ3v) is 9.56. The highest BCUT2D eigenvalue weighted by Gasteiger charge is 2.30. The normalized spacial score (nSPS) is 12.3. The van der Waals surface area contributed by atoms with Crippen LogP contribution in [-0.4, -0.2) is 78.0 Å². The van der Waals surface area contributed by atoms with E-state index in [0.717, 1.165) is 48.2 Å². The van der Waals surface area contributed by atoms with Gasteiger partial charge in [0.25, 0.3) is 5.56 Å². The molecule has 0 radical (unpaired) electrons. The number of carbonyl (C=O) groups excluding carboxylic acids is 2. The Bertz CT molecular complexity index is 1800. The van der Waals surface area contributed by atoms with Gasteiger partial charge in [-0.2, -0.15) is 18.2 Å². The molecule has 9 nitrogen and oxygen atoms in total. The summed E-state index contributed by atoms with van der Waals surface area (Å²) in [5.41, 5.74) is 2.13. The number of aldehydes is 1. The number of rotatable bonds is 19. The lowest BCUT2D eigenvalue weighted by Crippen LogP contribution is -2.41. The third kappa shape index (κ3) is 11.6. The van der Waals surface area contributed by atoms with Gasteiger partial charge in [-0.25, -0.2) is 4.39 Å². The fraction of sp³-hybridized carbons (Fsp3) is 0.368. The molecule has 1 atom stereocenters. The smallest absolute Gasteiger partial charge is 0.375 e. The van der Waals surface area contributed by atoms with E-state index in [-0.39, 0.29) is 31.3 Å². The lowest BCUT2D eigenvalue weighted by molar-refractivity contribution is -0.137. The fourth-order valence-corrected chi connectivity index (χ4v) is 6.49. The minimum absolute atomic E-state index is 0.124. The van der Waals surface area contributed by atoms with E-state index < -0.39 is 23.5 Å². The van der Waals surface area contributed by atoms with Gasteiger partial charge < -0.3 is 19.5 Å². The number of aromatic nitrogens is 2. The number of nitrogens with zero attached hydrogens (tertiary/aromatic N) is 4. The molecule has 0 fully saturated rings. The van der Waals surface area contributed by atoms with Gasteiger partial charge in [-0.15, -0.1) is 0 Å². The lowest BCUT2D eigenvalue weighted by Gasteiger charge is -2.33. The number of hydrogen-bond donors (Lipinski definition) is 1. The fourth-order valence-electron chi connectivity index (χ4n) is 5.54. The highest BCUT2D eigenvalue weighted by atomic mass is 32.2. The van der Waals surface area contributed by atoms with Crippen LogP contribution in [0.15, 0.2) is 88.9 Å². The quantitative estimate of drug-likeness (QED) is 0.0525. The molecular formula is C38H43F4N5O4S. The number of amides is 1. The number of hydrogen-bond acceptors (Lipinski definition) is 8. The number of benzene rings is 3. The van der Waals surface area contributed by atoms with Crippen LogP contribution < -0.4 is 10.9 Å². The van der Waals surface area contributed by atoms with Crippen LogP contribution in [0, 0.1) is 5.82 Å². The highest BCUT2D eigenvalue weighted by Crippen LogP contribution is 2.31. The Morgan fingerprint density at radius 3 is 2.15 bits per heavy atom.